The first-order valence-corrected chi connectivity index (χ1v) is 6.66. The van der Waals surface area contributed by atoms with Gasteiger partial charge in [0.2, 0.25) is 0 Å². The number of hydrogen-bond acceptors (Lipinski definition) is 3. The van der Waals surface area contributed by atoms with Crippen molar-refractivity contribution in [3.05, 3.63) is 35.9 Å². The van der Waals surface area contributed by atoms with E-state index < -0.39 is 0 Å². The van der Waals surface area contributed by atoms with Crippen molar-refractivity contribution in [3.63, 3.8) is 0 Å². The molecule has 1 aromatic carbocycles. The molecule has 0 atom stereocenters. The van der Waals surface area contributed by atoms with Crippen molar-refractivity contribution in [2.75, 3.05) is 0 Å². The van der Waals surface area contributed by atoms with Crippen molar-refractivity contribution in [3.8, 4) is 11.4 Å². The van der Waals surface area contributed by atoms with Crippen LogP contribution in [0.25, 0.3) is 11.4 Å². The first-order chi connectivity index (χ1) is 9.22. The molecule has 4 nitrogen and oxygen atoms in total. The SMILES string of the molecule is NC1CCC(c2nc(-c3ccc(F)cc3)n[nH]2)CC1. The summed E-state index contributed by atoms with van der Waals surface area (Å²) in [4.78, 5) is 4.53. The van der Waals surface area contributed by atoms with Crippen LogP contribution in [-0.4, -0.2) is 21.2 Å². The smallest absolute Gasteiger partial charge is 0.181 e. The van der Waals surface area contributed by atoms with Crippen LogP contribution in [0.5, 0.6) is 0 Å². The van der Waals surface area contributed by atoms with E-state index in [0.717, 1.165) is 37.1 Å². The van der Waals surface area contributed by atoms with Crippen LogP contribution >= 0.6 is 0 Å². The average Bonchev–Trinajstić information content (AvgIpc) is 2.90. The summed E-state index contributed by atoms with van der Waals surface area (Å²) in [6.45, 7) is 0. The minimum absolute atomic E-state index is 0.249. The zero-order chi connectivity index (χ0) is 13.2. The number of benzene rings is 1. The van der Waals surface area contributed by atoms with Crippen molar-refractivity contribution in [2.24, 2.45) is 5.73 Å². The van der Waals surface area contributed by atoms with Gasteiger partial charge in [0, 0.05) is 17.5 Å². The molecule has 1 heterocycles. The summed E-state index contributed by atoms with van der Waals surface area (Å²) in [5.41, 5.74) is 6.73. The molecule has 0 spiro atoms. The quantitative estimate of drug-likeness (QED) is 0.872. The molecule has 1 aromatic heterocycles. The molecule has 1 aliphatic rings. The molecular formula is C14H17FN4. The number of aromatic nitrogens is 3. The van der Waals surface area contributed by atoms with Crippen LogP contribution in [0.15, 0.2) is 24.3 Å². The van der Waals surface area contributed by atoms with E-state index in [9.17, 15) is 4.39 Å². The number of nitrogens with zero attached hydrogens (tertiary/aromatic N) is 2. The van der Waals surface area contributed by atoms with Gasteiger partial charge in [0.25, 0.3) is 0 Å². The molecule has 5 heteroatoms. The fraction of sp³-hybridized carbons (Fsp3) is 0.429. The molecule has 0 saturated heterocycles. The Morgan fingerprint density at radius 3 is 2.47 bits per heavy atom. The third kappa shape index (κ3) is 2.66. The van der Waals surface area contributed by atoms with E-state index in [1.165, 1.54) is 12.1 Å². The minimum Gasteiger partial charge on any atom is -0.328 e. The van der Waals surface area contributed by atoms with Crippen molar-refractivity contribution < 1.29 is 4.39 Å². The Kier molecular flexibility index (Phi) is 3.29. The summed E-state index contributed by atoms with van der Waals surface area (Å²) < 4.78 is 12.9. The molecular weight excluding hydrogens is 243 g/mol. The van der Waals surface area contributed by atoms with E-state index in [0.29, 0.717) is 17.8 Å². The van der Waals surface area contributed by atoms with Gasteiger partial charge in [0.1, 0.15) is 11.6 Å². The number of aromatic amines is 1. The fourth-order valence-corrected chi connectivity index (χ4v) is 2.58. The van der Waals surface area contributed by atoms with E-state index in [2.05, 4.69) is 15.2 Å². The number of nitrogens with two attached hydrogens (primary N) is 1. The molecule has 1 fully saturated rings. The first-order valence-electron chi connectivity index (χ1n) is 6.66. The maximum absolute atomic E-state index is 12.9. The zero-order valence-electron chi connectivity index (χ0n) is 10.6. The van der Waals surface area contributed by atoms with Gasteiger partial charge >= 0.3 is 0 Å². The molecule has 3 rings (SSSR count). The molecule has 0 amide bonds. The summed E-state index contributed by atoms with van der Waals surface area (Å²) in [6.07, 6.45) is 4.19. The number of hydrogen-bond donors (Lipinski definition) is 2. The lowest BCUT2D eigenvalue weighted by Gasteiger charge is -2.23. The fourth-order valence-electron chi connectivity index (χ4n) is 2.58. The number of nitrogens with one attached hydrogen (secondary N) is 1. The molecule has 3 N–H and O–H groups in total. The van der Waals surface area contributed by atoms with E-state index in [-0.39, 0.29) is 5.82 Å². The predicted octanol–water partition coefficient (Wildman–Crippen LogP) is 2.60. The summed E-state index contributed by atoms with van der Waals surface area (Å²) in [5, 5.41) is 7.23. The van der Waals surface area contributed by atoms with Gasteiger partial charge in [-0.25, -0.2) is 9.37 Å². The minimum atomic E-state index is -0.249. The van der Waals surface area contributed by atoms with Crippen molar-refractivity contribution in [1.82, 2.24) is 15.2 Å². The average molecular weight is 260 g/mol. The lowest BCUT2D eigenvalue weighted by atomic mass is 9.86. The third-order valence-corrected chi connectivity index (χ3v) is 3.76. The Hall–Kier alpha value is -1.75. The van der Waals surface area contributed by atoms with E-state index >= 15 is 0 Å². The lowest BCUT2D eigenvalue weighted by molar-refractivity contribution is 0.385. The van der Waals surface area contributed by atoms with Gasteiger partial charge in [-0.3, -0.25) is 5.10 Å². The second kappa shape index (κ2) is 5.09. The molecule has 19 heavy (non-hydrogen) atoms. The van der Waals surface area contributed by atoms with Gasteiger partial charge in [-0.05, 0) is 49.9 Å². The van der Waals surface area contributed by atoms with Gasteiger partial charge in [-0.1, -0.05) is 0 Å². The standard InChI is InChI=1S/C14H17FN4/c15-11-5-1-9(2-6-11)13-17-14(19-18-13)10-3-7-12(16)8-4-10/h1-2,5-6,10,12H,3-4,7-8,16H2,(H,17,18,19). The topological polar surface area (TPSA) is 67.6 Å². The summed E-state index contributed by atoms with van der Waals surface area (Å²) >= 11 is 0. The highest BCUT2D eigenvalue weighted by atomic mass is 19.1. The zero-order valence-corrected chi connectivity index (χ0v) is 10.6. The molecule has 1 saturated carbocycles. The van der Waals surface area contributed by atoms with Crippen LogP contribution in [0.1, 0.15) is 37.4 Å². The molecule has 1 aliphatic carbocycles. The summed E-state index contributed by atoms with van der Waals surface area (Å²) in [6, 6.07) is 6.56. The molecule has 0 aliphatic heterocycles. The van der Waals surface area contributed by atoms with Crippen LogP contribution < -0.4 is 5.73 Å². The Balaban J connectivity index is 1.77. The number of rotatable bonds is 2. The van der Waals surface area contributed by atoms with Crippen molar-refractivity contribution >= 4 is 0 Å². The molecule has 0 bridgehead atoms. The highest BCUT2D eigenvalue weighted by Gasteiger charge is 2.22. The Morgan fingerprint density at radius 2 is 1.79 bits per heavy atom. The highest BCUT2D eigenvalue weighted by molar-refractivity contribution is 5.54. The Bertz CT molecular complexity index is 541. The van der Waals surface area contributed by atoms with Gasteiger partial charge in [-0.2, -0.15) is 5.10 Å². The third-order valence-electron chi connectivity index (χ3n) is 3.76. The molecule has 2 aromatic rings. The maximum Gasteiger partial charge on any atom is 0.181 e. The van der Waals surface area contributed by atoms with Crippen LogP contribution in [0.4, 0.5) is 4.39 Å². The summed E-state index contributed by atoms with van der Waals surface area (Å²) in [7, 11) is 0. The van der Waals surface area contributed by atoms with Gasteiger partial charge in [-0.15, -0.1) is 0 Å². The molecule has 100 valence electrons. The number of H-pyrrole nitrogens is 1. The van der Waals surface area contributed by atoms with Gasteiger partial charge in [0.15, 0.2) is 5.82 Å². The van der Waals surface area contributed by atoms with Crippen molar-refractivity contribution in [1.29, 1.82) is 0 Å². The largest absolute Gasteiger partial charge is 0.328 e. The van der Waals surface area contributed by atoms with Gasteiger partial charge < -0.3 is 5.73 Å². The Morgan fingerprint density at radius 1 is 1.11 bits per heavy atom. The van der Waals surface area contributed by atoms with Crippen LogP contribution in [0.3, 0.4) is 0 Å². The second-order valence-electron chi connectivity index (χ2n) is 5.16. The molecule has 0 radical (unpaired) electrons. The maximum atomic E-state index is 12.9. The monoisotopic (exact) mass is 260 g/mol. The van der Waals surface area contributed by atoms with E-state index in [1.807, 2.05) is 0 Å². The second-order valence-corrected chi connectivity index (χ2v) is 5.16. The normalized spacial score (nSPS) is 23.5. The molecule has 0 unspecified atom stereocenters. The lowest BCUT2D eigenvalue weighted by Crippen LogP contribution is -2.26. The van der Waals surface area contributed by atoms with Crippen LogP contribution in [0.2, 0.25) is 0 Å². The van der Waals surface area contributed by atoms with E-state index in [1.54, 1.807) is 12.1 Å². The Labute approximate surface area is 111 Å². The van der Waals surface area contributed by atoms with E-state index in [4.69, 9.17) is 5.73 Å². The van der Waals surface area contributed by atoms with Crippen LogP contribution in [0, 0.1) is 5.82 Å². The highest BCUT2D eigenvalue weighted by Crippen LogP contribution is 2.30. The van der Waals surface area contributed by atoms with Crippen molar-refractivity contribution in [2.45, 2.75) is 37.6 Å². The predicted molar refractivity (Wildman–Crippen MR) is 71.0 cm³/mol. The van der Waals surface area contributed by atoms with Gasteiger partial charge in [0.05, 0.1) is 0 Å². The number of halogens is 1. The summed E-state index contributed by atoms with van der Waals surface area (Å²) in [5.74, 6) is 1.72. The first kappa shape index (κ1) is 12.3. The van der Waals surface area contributed by atoms with Crippen LogP contribution in [-0.2, 0) is 0 Å².